The van der Waals surface area contributed by atoms with E-state index in [1.807, 2.05) is 6.92 Å². The Morgan fingerprint density at radius 1 is 0.929 bits per heavy atom. The molecule has 0 bridgehead atoms. The molecule has 0 amide bonds. The third kappa shape index (κ3) is 5.14. The maximum absolute atomic E-state index is 13.5. The molecule has 42 heavy (non-hydrogen) atoms. The fraction of sp³-hybridized carbons (Fsp3) is 0.457. The van der Waals surface area contributed by atoms with Crippen LogP contribution in [-0.2, 0) is 16.9 Å². The van der Waals surface area contributed by atoms with Gasteiger partial charge in [0.05, 0.1) is 6.61 Å². The van der Waals surface area contributed by atoms with Crippen LogP contribution in [0.25, 0.3) is 10.9 Å². The molecule has 0 saturated carbocycles. The van der Waals surface area contributed by atoms with Gasteiger partial charge in [-0.05, 0) is 52.3 Å². The van der Waals surface area contributed by atoms with Crippen LogP contribution >= 0.6 is 0 Å². The van der Waals surface area contributed by atoms with Crippen molar-refractivity contribution >= 4 is 22.6 Å². The predicted molar refractivity (Wildman–Crippen MR) is 169 cm³/mol. The standard InChI is InChI=1S/C35H44N4O3/c1-6-10-11-12-13-16-23-39-25(5)31(27-17-14-15-18-29(27)39)35(33-32(34(40)42-35)36-21-22-37-33)28-20-19-26(38(7-2)8-3)24-30(28)41-9-4/h14-15,17-22,24H,6-13,16,23H2,1-5H3. The first-order chi connectivity index (χ1) is 20.5. The first-order valence-electron chi connectivity index (χ1n) is 15.7. The minimum Gasteiger partial charge on any atom is -0.493 e. The summed E-state index contributed by atoms with van der Waals surface area (Å²) in [5, 5.41) is 1.04. The van der Waals surface area contributed by atoms with Crippen LogP contribution in [0, 0.1) is 6.92 Å². The summed E-state index contributed by atoms with van der Waals surface area (Å²) in [5.74, 6) is 0.209. The average Bonchev–Trinajstić information content (AvgIpc) is 3.46. The number of fused-ring (bicyclic) bond motifs is 2. The molecule has 0 radical (unpaired) electrons. The van der Waals surface area contributed by atoms with Gasteiger partial charge < -0.3 is 18.9 Å². The van der Waals surface area contributed by atoms with Gasteiger partial charge in [-0.1, -0.05) is 57.2 Å². The van der Waals surface area contributed by atoms with Crippen molar-refractivity contribution in [1.82, 2.24) is 14.5 Å². The first-order valence-corrected chi connectivity index (χ1v) is 15.7. The predicted octanol–water partition coefficient (Wildman–Crippen LogP) is 7.81. The number of nitrogens with zero attached hydrogens (tertiary/aromatic N) is 4. The zero-order chi connectivity index (χ0) is 29.7. The number of cyclic esters (lactones) is 1. The molecule has 0 N–H and O–H groups in total. The highest BCUT2D eigenvalue weighted by Gasteiger charge is 2.54. The molecule has 0 saturated heterocycles. The number of anilines is 1. The van der Waals surface area contributed by atoms with Crippen molar-refractivity contribution < 1.29 is 14.3 Å². The normalized spacial score (nSPS) is 16.1. The second-order valence-electron chi connectivity index (χ2n) is 11.0. The third-order valence-electron chi connectivity index (χ3n) is 8.56. The average molecular weight is 569 g/mol. The summed E-state index contributed by atoms with van der Waals surface area (Å²) >= 11 is 0. The Hall–Kier alpha value is -3.87. The Morgan fingerprint density at radius 3 is 2.43 bits per heavy atom. The number of rotatable bonds is 14. The third-order valence-corrected chi connectivity index (χ3v) is 8.56. The minimum atomic E-state index is -1.30. The summed E-state index contributed by atoms with van der Waals surface area (Å²) in [4.78, 5) is 25.0. The molecule has 7 nitrogen and oxygen atoms in total. The Labute approximate surface area is 249 Å². The van der Waals surface area contributed by atoms with E-state index in [1.54, 1.807) is 12.4 Å². The molecular weight excluding hydrogens is 524 g/mol. The Morgan fingerprint density at radius 2 is 1.67 bits per heavy atom. The van der Waals surface area contributed by atoms with Crippen LogP contribution in [0.1, 0.15) is 99.2 Å². The van der Waals surface area contributed by atoms with Crippen LogP contribution in [0.2, 0.25) is 0 Å². The van der Waals surface area contributed by atoms with E-state index in [9.17, 15) is 4.79 Å². The molecule has 1 atom stereocenters. The smallest absolute Gasteiger partial charge is 0.360 e. The van der Waals surface area contributed by atoms with E-state index < -0.39 is 11.6 Å². The van der Waals surface area contributed by atoms with Crippen molar-refractivity contribution in [3.63, 3.8) is 0 Å². The molecule has 2 aromatic heterocycles. The number of ether oxygens (including phenoxy) is 2. The highest BCUT2D eigenvalue weighted by Crippen LogP contribution is 2.52. The van der Waals surface area contributed by atoms with Gasteiger partial charge in [-0.3, -0.25) is 4.98 Å². The molecule has 0 fully saturated rings. The lowest BCUT2D eigenvalue weighted by molar-refractivity contribution is 0.0235. The monoisotopic (exact) mass is 568 g/mol. The van der Waals surface area contributed by atoms with Gasteiger partial charge in [-0.25, -0.2) is 9.78 Å². The van der Waals surface area contributed by atoms with Crippen molar-refractivity contribution in [2.24, 2.45) is 0 Å². The molecule has 1 aliphatic heterocycles. The highest BCUT2D eigenvalue weighted by molar-refractivity contribution is 5.97. The minimum absolute atomic E-state index is 0.250. The van der Waals surface area contributed by atoms with Gasteiger partial charge >= 0.3 is 5.97 Å². The van der Waals surface area contributed by atoms with Crippen LogP contribution in [0.5, 0.6) is 5.75 Å². The van der Waals surface area contributed by atoms with Crippen molar-refractivity contribution in [2.75, 3.05) is 24.6 Å². The molecule has 2 aromatic carbocycles. The van der Waals surface area contributed by atoms with E-state index in [4.69, 9.17) is 14.5 Å². The van der Waals surface area contributed by atoms with Gasteiger partial charge in [0.15, 0.2) is 5.69 Å². The zero-order valence-corrected chi connectivity index (χ0v) is 25.8. The Kier molecular flexibility index (Phi) is 9.15. The fourth-order valence-electron chi connectivity index (χ4n) is 6.54. The van der Waals surface area contributed by atoms with Crippen molar-refractivity contribution in [2.45, 2.75) is 85.3 Å². The number of para-hydroxylation sites is 1. The number of esters is 1. The lowest BCUT2D eigenvalue weighted by atomic mass is 9.81. The second kappa shape index (κ2) is 13.0. The molecule has 4 aromatic rings. The number of carbonyl (C=O) groups is 1. The summed E-state index contributed by atoms with van der Waals surface area (Å²) in [5.41, 5.74) is 4.40. The molecule has 3 heterocycles. The molecular formula is C35H44N4O3. The molecule has 7 heteroatoms. The number of hydrogen-bond acceptors (Lipinski definition) is 6. The molecule has 5 rings (SSSR count). The van der Waals surface area contributed by atoms with E-state index >= 15 is 0 Å². The summed E-state index contributed by atoms with van der Waals surface area (Å²) in [6.07, 6.45) is 10.6. The summed E-state index contributed by atoms with van der Waals surface area (Å²) in [7, 11) is 0. The molecule has 222 valence electrons. The lowest BCUT2D eigenvalue weighted by Crippen LogP contribution is -2.32. The number of hydrogen-bond donors (Lipinski definition) is 0. The van der Waals surface area contributed by atoms with Gasteiger partial charge in [0.25, 0.3) is 0 Å². The van der Waals surface area contributed by atoms with Gasteiger partial charge in [0.1, 0.15) is 11.4 Å². The number of carbonyl (C=O) groups excluding carboxylic acids is 1. The van der Waals surface area contributed by atoms with Gasteiger partial charge in [-0.2, -0.15) is 0 Å². The highest BCUT2D eigenvalue weighted by atomic mass is 16.6. The number of benzene rings is 2. The first kappa shape index (κ1) is 29.6. The summed E-state index contributed by atoms with van der Waals surface area (Å²) < 4.78 is 15.2. The van der Waals surface area contributed by atoms with Gasteiger partial charge in [0, 0.05) is 71.5 Å². The van der Waals surface area contributed by atoms with Crippen molar-refractivity contribution in [3.8, 4) is 5.75 Å². The lowest BCUT2D eigenvalue weighted by Gasteiger charge is -2.32. The summed E-state index contributed by atoms with van der Waals surface area (Å²) in [6.45, 7) is 13.8. The Bertz CT molecular complexity index is 1540. The van der Waals surface area contributed by atoms with Crippen LogP contribution in [0.4, 0.5) is 5.69 Å². The van der Waals surface area contributed by atoms with Crippen LogP contribution in [-0.4, -0.2) is 40.2 Å². The van der Waals surface area contributed by atoms with E-state index in [2.05, 4.69) is 84.6 Å². The molecule has 1 aliphatic rings. The molecule has 0 spiro atoms. The quantitative estimate of drug-likeness (QED) is 0.114. The number of aromatic nitrogens is 3. The van der Waals surface area contributed by atoms with Crippen LogP contribution in [0.15, 0.2) is 54.9 Å². The second-order valence-corrected chi connectivity index (χ2v) is 11.0. The van der Waals surface area contributed by atoms with E-state index in [0.29, 0.717) is 18.1 Å². The Balaban J connectivity index is 1.73. The molecule has 1 unspecified atom stereocenters. The van der Waals surface area contributed by atoms with Crippen LogP contribution in [0.3, 0.4) is 0 Å². The maximum Gasteiger partial charge on any atom is 0.360 e. The largest absolute Gasteiger partial charge is 0.493 e. The number of aryl methyl sites for hydroxylation is 1. The van der Waals surface area contributed by atoms with Crippen molar-refractivity contribution in [1.29, 1.82) is 0 Å². The summed E-state index contributed by atoms with van der Waals surface area (Å²) in [6, 6.07) is 14.6. The van der Waals surface area contributed by atoms with E-state index in [0.717, 1.165) is 59.5 Å². The van der Waals surface area contributed by atoms with Gasteiger partial charge in [0.2, 0.25) is 5.60 Å². The van der Waals surface area contributed by atoms with Crippen LogP contribution < -0.4 is 9.64 Å². The van der Waals surface area contributed by atoms with E-state index in [1.165, 1.54) is 32.1 Å². The zero-order valence-electron chi connectivity index (χ0n) is 25.8. The van der Waals surface area contributed by atoms with E-state index in [-0.39, 0.29) is 5.69 Å². The van der Waals surface area contributed by atoms with Gasteiger partial charge in [-0.15, -0.1) is 0 Å². The SMILES string of the molecule is CCCCCCCCn1c(C)c(C2(c3ccc(N(CC)CC)cc3OCC)OC(=O)c3nccnc32)c2ccccc21. The molecule has 0 aliphatic carbocycles. The maximum atomic E-state index is 13.5. The fourth-order valence-corrected chi connectivity index (χ4v) is 6.54. The van der Waals surface area contributed by atoms with Crippen molar-refractivity contribution in [3.05, 3.63) is 83.1 Å². The number of unbranched alkanes of at least 4 members (excludes halogenated alkanes) is 5. The topological polar surface area (TPSA) is 69.5 Å².